The fourth-order valence-corrected chi connectivity index (χ4v) is 10.7. The van der Waals surface area contributed by atoms with Crippen molar-refractivity contribution in [3.63, 3.8) is 0 Å². The van der Waals surface area contributed by atoms with Crippen LogP contribution < -0.4 is 0 Å². The second kappa shape index (κ2) is 12.7. The van der Waals surface area contributed by atoms with Gasteiger partial charge in [0.25, 0.3) is 0 Å². The molecule has 61 heavy (non-hydrogen) atoms. The van der Waals surface area contributed by atoms with Crippen LogP contribution in [0.2, 0.25) is 0 Å². The first-order chi connectivity index (χ1) is 29.9. The molecule has 0 saturated carbocycles. The van der Waals surface area contributed by atoms with Gasteiger partial charge in [0.2, 0.25) is 0 Å². The van der Waals surface area contributed by atoms with Crippen LogP contribution in [0.3, 0.4) is 0 Å². The van der Waals surface area contributed by atoms with Gasteiger partial charge in [-0.25, -0.2) is 0 Å². The van der Waals surface area contributed by atoms with E-state index < -0.39 is 0 Å². The maximum atomic E-state index is 2.44. The normalized spacial score (nSPS) is 13.2. The first-order valence-electron chi connectivity index (χ1n) is 21.5. The molecule has 0 saturated heterocycles. The van der Waals surface area contributed by atoms with Gasteiger partial charge in [-0.1, -0.05) is 178 Å². The molecule has 0 aliphatic heterocycles. The summed E-state index contributed by atoms with van der Waals surface area (Å²) in [4.78, 5) is 0. The van der Waals surface area contributed by atoms with Crippen molar-refractivity contribution in [2.45, 2.75) is 19.3 Å². The van der Waals surface area contributed by atoms with Crippen LogP contribution >= 0.6 is 0 Å². The van der Waals surface area contributed by atoms with Crippen molar-refractivity contribution < 1.29 is 0 Å². The van der Waals surface area contributed by atoms with Crippen LogP contribution in [-0.4, -0.2) is 0 Å². The lowest BCUT2D eigenvalue weighted by molar-refractivity contribution is 0.661. The third-order valence-electron chi connectivity index (χ3n) is 14.0. The topological polar surface area (TPSA) is 0 Å². The highest BCUT2D eigenvalue weighted by atomic mass is 14.4. The van der Waals surface area contributed by atoms with Crippen LogP contribution in [-0.2, 0) is 5.41 Å². The smallest absolute Gasteiger partial charge is 0.0159 e. The van der Waals surface area contributed by atoms with Gasteiger partial charge in [-0.2, -0.15) is 0 Å². The summed E-state index contributed by atoms with van der Waals surface area (Å²) in [6.45, 7) is 4.77. The Morgan fingerprint density at radius 3 is 1.23 bits per heavy atom. The van der Waals surface area contributed by atoms with E-state index in [4.69, 9.17) is 0 Å². The molecule has 11 aromatic rings. The van der Waals surface area contributed by atoms with Gasteiger partial charge < -0.3 is 0 Å². The molecule has 0 spiro atoms. The molecular weight excluding hydrogens is 733 g/mol. The van der Waals surface area contributed by atoms with Crippen molar-refractivity contribution >= 4 is 43.1 Å². The van der Waals surface area contributed by atoms with E-state index in [1.165, 1.54) is 132 Å². The monoisotopic (exact) mass is 772 g/mol. The predicted molar refractivity (Wildman–Crippen MR) is 260 cm³/mol. The van der Waals surface area contributed by atoms with Crippen molar-refractivity contribution in [1.82, 2.24) is 0 Å². The molecule has 11 aromatic carbocycles. The fraction of sp³-hybridized carbons (Fsp3) is 0.0492. The minimum Gasteiger partial charge on any atom is -0.0616 e. The molecule has 0 heteroatoms. The summed E-state index contributed by atoms with van der Waals surface area (Å²) in [6, 6.07) is 77.5. The van der Waals surface area contributed by atoms with Crippen LogP contribution in [0.5, 0.6) is 0 Å². The summed E-state index contributed by atoms with van der Waals surface area (Å²) in [7, 11) is 0. The predicted octanol–water partition coefficient (Wildman–Crippen LogP) is 16.9. The molecule has 0 N–H and O–H groups in total. The highest BCUT2D eigenvalue weighted by molar-refractivity contribution is 6.19. The van der Waals surface area contributed by atoms with Crippen molar-refractivity contribution in [2.24, 2.45) is 0 Å². The zero-order valence-corrected chi connectivity index (χ0v) is 34.1. The van der Waals surface area contributed by atoms with Gasteiger partial charge in [0, 0.05) is 5.41 Å². The van der Waals surface area contributed by atoms with E-state index in [1.54, 1.807) is 0 Å². The van der Waals surface area contributed by atoms with Gasteiger partial charge in [-0.15, -0.1) is 0 Å². The van der Waals surface area contributed by atoms with Gasteiger partial charge in [0.1, 0.15) is 0 Å². The van der Waals surface area contributed by atoms with Gasteiger partial charge in [-0.3, -0.25) is 0 Å². The Hall–Kier alpha value is -7.54. The summed E-state index contributed by atoms with van der Waals surface area (Å²) >= 11 is 0. The van der Waals surface area contributed by atoms with E-state index in [9.17, 15) is 0 Å². The maximum Gasteiger partial charge on any atom is 0.0159 e. The SMILES string of the molecule is CC1(C)c2cc(-c3ccc4ccccc4c3)ccc2-c2ccc(-c3ccc4cc(-c5ccc6ccc(-c7ccc8c9c(cccc79)-c7ccccc7-8)cc6c5)ccc4c3)cc21. The molecule has 2 aliphatic carbocycles. The van der Waals surface area contributed by atoms with Crippen LogP contribution in [0.25, 0.3) is 121 Å². The van der Waals surface area contributed by atoms with Crippen LogP contribution in [0, 0.1) is 0 Å². The first-order valence-corrected chi connectivity index (χ1v) is 21.5. The molecule has 0 amide bonds. The highest BCUT2D eigenvalue weighted by Crippen LogP contribution is 2.52. The Kier molecular flexibility index (Phi) is 7.17. The maximum absolute atomic E-state index is 2.44. The third-order valence-corrected chi connectivity index (χ3v) is 14.0. The summed E-state index contributed by atoms with van der Waals surface area (Å²) in [5.41, 5.74) is 20.8. The Bertz CT molecular complexity index is 3640. The second-order valence-corrected chi connectivity index (χ2v) is 17.7. The van der Waals surface area contributed by atoms with Crippen LogP contribution in [0.4, 0.5) is 0 Å². The molecule has 0 atom stereocenters. The number of fused-ring (bicyclic) bond motifs is 9. The molecular formula is C61H40. The average Bonchev–Trinajstić information content (AvgIpc) is 3.76. The third kappa shape index (κ3) is 5.19. The van der Waals surface area contributed by atoms with E-state index >= 15 is 0 Å². The highest BCUT2D eigenvalue weighted by Gasteiger charge is 2.36. The number of benzene rings is 11. The van der Waals surface area contributed by atoms with Gasteiger partial charge in [0.15, 0.2) is 0 Å². The quantitative estimate of drug-likeness (QED) is 0.167. The summed E-state index contributed by atoms with van der Waals surface area (Å²) in [5.74, 6) is 0. The Labute approximate surface area is 356 Å². The van der Waals surface area contributed by atoms with E-state index in [2.05, 4.69) is 220 Å². The molecule has 284 valence electrons. The number of hydrogen-bond donors (Lipinski definition) is 0. The van der Waals surface area contributed by atoms with Gasteiger partial charge in [-0.05, 0) is 175 Å². The molecule has 0 bridgehead atoms. The first kappa shape index (κ1) is 34.3. The van der Waals surface area contributed by atoms with Crippen molar-refractivity contribution in [3.05, 3.63) is 217 Å². The van der Waals surface area contributed by atoms with Crippen molar-refractivity contribution in [2.75, 3.05) is 0 Å². The standard InChI is InChI=1S/C61H40/c1-61(2)58-35-46(43-17-14-37-8-3-4-9-39(37)30-43)24-26-53(58)54-27-25-47(36-59(54)61)44-22-21-40-31-42(20-19-41(40)32-44)45-18-15-38-16-23-48(34-49(38)33-45)50-28-29-57-52-11-6-5-10-51(52)56-13-7-12-55(50)60(56)57/h3-36H,1-2H3. The van der Waals surface area contributed by atoms with E-state index in [0.717, 1.165) is 0 Å². The number of hydrogen-bond acceptors (Lipinski definition) is 0. The van der Waals surface area contributed by atoms with Gasteiger partial charge in [0.05, 0.1) is 0 Å². The molecule has 0 unspecified atom stereocenters. The zero-order valence-electron chi connectivity index (χ0n) is 34.1. The summed E-state index contributed by atoms with van der Waals surface area (Å²) < 4.78 is 0. The Balaban J connectivity index is 0.809. The largest absolute Gasteiger partial charge is 0.0616 e. The van der Waals surface area contributed by atoms with E-state index in [-0.39, 0.29) is 5.41 Å². The van der Waals surface area contributed by atoms with Crippen LogP contribution in [0.15, 0.2) is 206 Å². The second-order valence-electron chi connectivity index (χ2n) is 17.7. The van der Waals surface area contributed by atoms with Crippen LogP contribution in [0.1, 0.15) is 25.0 Å². The molecule has 13 rings (SSSR count). The molecule has 0 radical (unpaired) electrons. The van der Waals surface area contributed by atoms with Gasteiger partial charge >= 0.3 is 0 Å². The molecule has 2 aliphatic rings. The minimum atomic E-state index is -0.109. The lowest BCUT2D eigenvalue weighted by Gasteiger charge is -2.22. The number of rotatable bonds is 4. The Morgan fingerprint density at radius 1 is 0.246 bits per heavy atom. The molecule has 0 nitrogen and oxygen atoms in total. The summed E-state index contributed by atoms with van der Waals surface area (Å²) in [5, 5.41) is 10.2. The van der Waals surface area contributed by atoms with E-state index in [1.807, 2.05) is 0 Å². The average molecular weight is 773 g/mol. The lowest BCUT2D eigenvalue weighted by atomic mass is 9.80. The summed E-state index contributed by atoms with van der Waals surface area (Å²) in [6.07, 6.45) is 0. The van der Waals surface area contributed by atoms with Crippen molar-refractivity contribution in [3.8, 4) is 77.9 Å². The molecule has 0 fully saturated rings. The zero-order chi connectivity index (χ0) is 40.4. The molecule has 0 heterocycles. The lowest BCUT2D eigenvalue weighted by Crippen LogP contribution is -2.15. The Morgan fingerprint density at radius 2 is 0.623 bits per heavy atom. The van der Waals surface area contributed by atoms with Crippen molar-refractivity contribution in [1.29, 1.82) is 0 Å². The minimum absolute atomic E-state index is 0.109. The van der Waals surface area contributed by atoms with E-state index in [0.29, 0.717) is 0 Å². The fourth-order valence-electron chi connectivity index (χ4n) is 10.7. The molecule has 0 aromatic heterocycles.